The van der Waals surface area contributed by atoms with Crippen LogP contribution < -0.4 is 19.5 Å². The molecular formula is C25H32N2O4. The van der Waals surface area contributed by atoms with Crippen LogP contribution in [0.3, 0.4) is 0 Å². The van der Waals surface area contributed by atoms with Crippen molar-refractivity contribution in [3.8, 4) is 17.2 Å². The molecule has 166 valence electrons. The minimum Gasteiger partial charge on any atom is -0.497 e. The molecule has 0 aromatic heterocycles. The Morgan fingerprint density at radius 2 is 1.74 bits per heavy atom. The quantitative estimate of drug-likeness (QED) is 0.700. The van der Waals surface area contributed by atoms with Crippen LogP contribution in [0.1, 0.15) is 42.5 Å². The maximum Gasteiger partial charge on any atom is 0.223 e. The molecule has 1 N–H and O–H groups in total. The zero-order valence-electron chi connectivity index (χ0n) is 18.8. The number of methoxy groups -OCH3 is 3. The molecule has 0 spiro atoms. The Kier molecular flexibility index (Phi) is 6.37. The molecular weight excluding hydrogens is 392 g/mol. The number of hydrogen-bond donors (Lipinski definition) is 1. The normalized spacial score (nSPS) is 19.3. The first-order chi connectivity index (χ1) is 15.0. The number of rotatable bonds is 8. The van der Waals surface area contributed by atoms with Gasteiger partial charge in [0.25, 0.3) is 0 Å². The van der Waals surface area contributed by atoms with Gasteiger partial charge >= 0.3 is 0 Å². The minimum atomic E-state index is -0.0245. The molecule has 6 heteroatoms. The summed E-state index contributed by atoms with van der Waals surface area (Å²) in [6.07, 6.45) is 2.92. The molecule has 6 nitrogen and oxygen atoms in total. The lowest BCUT2D eigenvalue weighted by Gasteiger charge is -2.41. The van der Waals surface area contributed by atoms with Crippen molar-refractivity contribution in [3.63, 3.8) is 0 Å². The van der Waals surface area contributed by atoms with Gasteiger partial charge in [-0.1, -0.05) is 12.1 Å². The van der Waals surface area contributed by atoms with Gasteiger partial charge in [-0.3, -0.25) is 9.69 Å². The van der Waals surface area contributed by atoms with Gasteiger partial charge in [0.15, 0.2) is 11.5 Å². The highest BCUT2D eigenvalue weighted by atomic mass is 16.5. The molecule has 2 atom stereocenters. The van der Waals surface area contributed by atoms with Crippen LogP contribution in [0.15, 0.2) is 36.4 Å². The third-order valence-electron chi connectivity index (χ3n) is 6.36. The van der Waals surface area contributed by atoms with Crippen molar-refractivity contribution in [2.24, 2.45) is 5.92 Å². The minimum absolute atomic E-state index is 0.0245. The lowest BCUT2D eigenvalue weighted by atomic mass is 9.87. The number of nitrogens with zero attached hydrogens (tertiary/aromatic N) is 1. The van der Waals surface area contributed by atoms with Crippen molar-refractivity contribution in [2.75, 3.05) is 27.9 Å². The molecule has 2 aromatic carbocycles. The first-order valence-electron chi connectivity index (χ1n) is 11.0. The maximum atomic E-state index is 12.5. The van der Waals surface area contributed by atoms with E-state index in [1.54, 1.807) is 21.3 Å². The average Bonchev–Trinajstić information content (AvgIpc) is 3.64. The molecule has 2 aromatic rings. The maximum absolute atomic E-state index is 12.5. The average molecular weight is 425 g/mol. The standard InChI is InChI=1S/C25H32N2O4/c1-16(26-25(28)18-7-8-18)24-21-14-23(31-4)22(30-3)13-19(21)11-12-27(24)15-17-5-9-20(29-2)10-6-17/h5-6,9-10,13-14,16,18,24H,7-8,11-12,15H2,1-4H3,(H,26,28)/t16-,24+/m0/s1. The fraction of sp³-hybridized carbons (Fsp3) is 0.480. The summed E-state index contributed by atoms with van der Waals surface area (Å²) in [5.41, 5.74) is 3.66. The van der Waals surface area contributed by atoms with Crippen LogP contribution in [-0.4, -0.2) is 44.7 Å². The summed E-state index contributed by atoms with van der Waals surface area (Å²) in [4.78, 5) is 15.0. The number of carbonyl (C=O) groups is 1. The van der Waals surface area contributed by atoms with Gasteiger partial charge in [-0.2, -0.15) is 0 Å². The summed E-state index contributed by atoms with van der Waals surface area (Å²) in [7, 11) is 5.01. The highest BCUT2D eigenvalue weighted by molar-refractivity contribution is 5.81. The van der Waals surface area contributed by atoms with Gasteiger partial charge in [-0.25, -0.2) is 0 Å². The Bertz CT molecular complexity index is 924. The van der Waals surface area contributed by atoms with E-state index in [0.717, 1.165) is 49.6 Å². The van der Waals surface area contributed by atoms with Gasteiger partial charge in [-0.05, 0) is 67.1 Å². The zero-order valence-corrected chi connectivity index (χ0v) is 18.8. The van der Waals surface area contributed by atoms with Crippen molar-refractivity contribution in [1.82, 2.24) is 10.2 Å². The molecule has 1 aliphatic heterocycles. The summed E-state index contributed by atoms with van der Waals surface area (Å²) in [5.74, 6) is 2.68. The SMILES string of the molecule is COc1ccc(CN2CCc3cc(OC)c(OC)cc3[C@H]2[C@H](C)NC(=O)C2CC2)cc1. The molecule has 1 heterocycles. The van der Waals surface area contributed by atoms with Crippen molar-refractivity contribution >= 4 is 5.91 Å². The fourth-order valence-corrected chi connectivity index (χ4v) is 4.52. The number of benzene rings is 2. The summed E-state index contributed by atoms with van der Waals surface area (Å²) in [6, 6.07) is 12.4. The summed E-state index contributed by atoms with van der Waals surface area (Å²) >= 11 is 0. The van der Waals surface area contributed by atoms with Gasteiger partial charge in [0.05, 0.1) is 27.4 Å². The van der Waals surface area contributed by atoms with E-state index in [1.807, 2.05) is 12.1 Å². The van der Waals surface area contributed by atoms with E-state index < -0.39 is 0 Å². The van der Waals surface area contributed by atoms with E-state index in [0.29, 0.717) is 0 Å². The molecule has 0 bridgehead atoms. The Morgan fingerprint density at radius 3 is 2.35 bits per heavy atom. The molecule has 0 radical (unpaired) electrons. The Morgan fingerprint density at radius 1 is 1.06 bits per heavy atom. The second-order valence-electron chi connectivity index (χ2n) is 8.49. The Hall–Kier alpha value is -2.73. The summed E-state index contributed by atoms with van der Waals surface area (Å²) in [6.45, 7) is 3.81. The first-order valence-corrected chi connectivity index (χ1v) is 11.0. The zero-order chi connectivity index (χ0) is 22.0. The number of carbonyl (C=O) groups excluding carboxylic acids is 1. The molecule has 2 aliphatic rings. The largest absolute Gasteiger partial charge is 0.497 e. The first kappa shape index (κ1) is 21.5. The van der Waals surface area contributed by atoms with E-state index in [4.69, 9.17) is 14.2 Å². The summed E-state index contributed by atoms with van der Waals surface area (Å²) < 4.78 is 16.4. The molecule has 4 rings (SSSR count). The molecule has 0 saturated heterocycles. The lowest BCUT2D eigenvalue weighted by molar-refractivity contribution is -0.123. The van der Waals surface area contributed by atoms with E-state index >= 15 is 0 Å². The van der Waals surface area contributed by atoms with Crippen LogP contribution in [0, 0.1) is 5.92 Å². The number of ether oxygens (including phenoxy) is 3. The van der Waals surface area contributed by atoms with Crippen LogP contribution >= 0.6 is 0 Å². The Balaban J connectivity index is 1.65. The summed E-state index contributed by atoms with van der Waals surface area (Å²) in [5, 5.41) is 3.28. The van der Waals surface area contributed by atoms with E-state index in [1.165, 1.54) is 16.7 Å². The topological polar surface area (TPSA) is 60.0 Å². The molecule has 1 saturated carbocycles. The molecule has 0 unspecified atom stereocenters. The van der Waals surface area contributed by atoms with Crippen LogP contribution in [0.4, 0.5) is 0 Å². The van der Waals surface area contributed by atoms with Gasteiger partial charge in [0, 0.05) is 25.0 Å². The monoisotopic (exact) mass is 424 g/mol. The van der Waals surface area contributed by atoms with Crippen LogP contribution in [0.5, 0.6) is 17.2 Å². The predicted octanol–water partition coefficient (Wildman–Crippen LogP) is 3.73. The van der Waals surface area contributed by atoms with Crippen molar-refractivity contribution in [2.45, 2.75) is 44.8 Å². The third-order valence-corrected chi connectivity index (χ3v) is 6.36. The van der Waals surface area contributed by atoms with Gasteiger partial charge in [0.1, 0.15) is 5.75 Å². The fourth-order valence-electron chi connectivity index (χ4n) is 4.52. The van der Waals surface area contributed by atoms with Crippen molar-refractivity contribution in [1.29, 1.82) is 0 Å². The third kappa shape index (κ3) is 4.64. The molecule has 1 aliphatic carbocycles. The van der Waals surface area contributed by atoms with Crippen LogP contribution in [0.25, 0.3) is 0 Å². The Labute approximate surface area is 184 Å². The molecule has 1 amide bonds. The van der Waals surface area contributed by atoms with Crippen molar-refractivity contribution in [3.05, 3.63) is 53.1 Å². The molecule has 31 heavy (non-hydrogen) atoms. The van der Waals surface area contributed by atoms with E-state index in [-0.39, 0.29) is 23.9 Å². The highest BCUT2D eigenvalue weighted by Gasteiger charge is 2.36. The predicted molar refractivity (Wildman–Crippen MR) is 120 cm³/mol. The lowest BCUT2D eigenvalue weighted by Crippen LogP contribution is -2.47. The second kappa shape index (κ2) is 9.18. The van der Waals surface area contributed by atoms with Crippen LogP contribution in [0.2, 0.25) is 0 Å². The van der Waals surface area contributed by atoms with E-state index in [9.17, 15) is 4.79 Å². The van der Waals surface area contributed by atoms with Gasteiger partial charge < -0.3 is 19.5 Å². The van der Waals surface area contributed by atoms with Crippen LogP contribution in [-0.2, 0) is 17.8 Å². The number of amides is 1. The second-order valence-corrected chi connectivity index (χ2v) is 8.49. The number of fused-ring (bicyclic) bond motifs is 1. The van der Waals surface area contributed by atoms with Gasteiger partial charge in [0.2, 0.25) is 5.91 Å². The van der Waals surface area contributed by atoms with Crippen molar-refractivity contribution < 1.29 is 19.0 Å². The van der Waals surface area contributed by atoms with Gasteiger partial charge in [-0.15, -0.1) is 0 Å². The number of hydrogen-bond acceptors (Lipinski definition) is 5. The number of nitrogens with one attached hydrogen (secondary N) is 1. The van der Waals surface area contributed by atoms with E-state index in [2.05, 4.69) is 41.4 Å². The highest BCUT2D eigenvalue weighted by Crippen LogP contribution is 2.40. The molecule has 1 fully saturated rings. The smallest absolute Gasteiger partial charge is 0.223 e.